The molecule has 1 unspecified atom stereocenters. The van der Waals surface area contributed by atoms with Crippen molar-refractivity contribution >= 4 is 27.5 Å². The first-order chi connectivity index (χ1) is 16.0. The number of nitrogens with one attached hydrogen (secondary N) is 2. The van der Waals surface area contributed by atoms with Gasteiger partial charge >= 0.3 is 0 Å². The van der Waals surface area contributed by atoms with E-state index in [0.29, 0.717) is 0 Å². The minimum Gasteiger partial charge on any atom is -0.496 e. The fourth-order valence-electron chi connectivity index (χ4n) is 4.91. The molecule has 0 fully saturated rings. The molecule has 3 aromatic heterocycles. The quantitative estimate of drug-likeness (QED) is 0.461. The van der Waals surface area contributed by atoms with E-state index >= 15 is 0 Å². The third-order valence-corrected chi connectivity index (χ3v) is 6.35. The third-order valence-electron chi connectivity index (χ3n) is 6.35. The lowest BCUT2D eigenvalue weighted by molar-refractivity contribution is 0.393. The molecule has 0 spiro atoms. The van der Waals surface area contributed by atoms with E-state index in [4.69, 9.17) is 14.2 Å². The van der Waals surface area contributed by atoms with Crippen LogP contribution in [0.25, 0.3) is 38.6 Å². The Hall–Kier alpha value is -4.13. The Bertz CT molecular complexity index is 1550. The summed E-state index contributed by atoms with van der Waals surface area (Å²) in [5, 5.41) is 9.64. The molecule has 1 atom stereocenters. The van der Waals surface area contributed by atoms with Gasteiger partial charge in [0.15, 0.2) is 0 Å². The maximum atomic E-state index is 5.82. The number of allylic oxidation sites excluding steroid dienone is 5. The van der Waals surface area contributed by atoms with Crippen molar-refractivity contribution in [3.8, 4) is 16.9 Å². The fourth-order valence-corrected chi connectivity index (χ4v) is 4.91. The van der Waals surface area contributed by atoms with Crippen molar-refractivity contribution in [3.63, 3.8) is 0 Å². The average molecular weight is 438 g/mol. The van der Waals surface area contributed by atoms with E-state index < -0.39 is 0 Å². The monoisotopic (exact) mass is 437 g/mol. The number of H-pyrrole nitrogens is 1. The van der Waals surface area contributed by atoms with Gasteiger partial charge in [-0.25, -0.2) is 9.97 Å². The van der Waals surface area contributed by atoms with E-state index in [1.54, 1.807) is 13.4 Å². The molecule has 7 nitrogen and oxygen atoms in total. The molecule has 0 saturated heterocycles. The zero-order valence-electron chi connectivity index (χ0n) is 18.9. The second kappa shape index (κ2) is 7.20. The van der Waals surface area contributed by atoms with Gasteiger partial charge in [-0.15, -0.1) is 0 Å². The molecule has 1 aliphatic heterocycles. The van der Waals surface area contributed by atoms with Crippen LogP contribution in [0.4, 0.5) is 0 Å². The zero-order chi connectivity index (χ0) is 22.7. The molecule has 2 aliphatic rings. The number of aromatic nitrogens is 4. The van der Waals surface area contributed by atoms with Crippen LogP contribution in [0.3, 0.4) is 0 Å². The van der Waals surface area contributed by atoms with Crippen molar-refractivity contribution in [2.75, 3.05) is 7.11 Å². The van der Waals surface area contributed by atoms with Crippen LogP contribution in [0.5, 0.6) is 5.75 Å². The van der Waals surface area contributed by atoms with Gasteiger partial charge in [0.2, 0.25) is 0 Å². The topological polar surface area (TPSA) is 88.9 Å². The summed E-state index contributed by atoms with van der Waals surface area (Å²) >= 11 is 0. The Morgan fingerprint density at radius 3 is 2.76 bits per heavy atom. The number of aryl methyl sites for hydroxylation is 2. The molecular weight excluding hydrogens is 414 g/mol. The summed E-state index contributed by atoms with van der Waals surface area (Å²) in [5.41, 5.74) is 8.74. The van der Waals surface area contributed by atoms with Crippen LogP contribution in [0.1, 0.15) is 24.1 Å². The minimum absolute atomic E-state index is 0.130. The highest BCUT2D eigenvalue weighted by Crippen LogP contribution is 2.41. The van der Waals surface area contributed by atoms with Gasteiger partial charge in [-0.2, -0.15) is 0 Å². The molecular formula is C26H23N5O2. The molecule has 0 amide bonds. The van der Waals surface area contributed by atoms with Crippen LogP contribution in [0.15, 0.2) is 64.6 Å². The number of rotatable bonds is 3. The van der Waals surface area contributed by atoms with Crippen molar-refractivity contribution in [2.24, 2.45) is 0 Å². The zero-order valence-corrected chi connectivity index (χ0v) is 18.9. The number of hydrogen-bond acceptors (Lipinski definition) is 6. The second-order valence-electron chi connectivity index (χ2n) is 8.43. The van der Waals surface area contributed by atoms with E-state index in [1.807, 2.05) is 13.8 Å². The summed E-state index contributed by atoms with van der Waals surface area (Å²) in [6, 6.07) is 4.27. The number of dihydropyridines is 1. The van der Waals surface area contributed by atoms with Gasteiger partial charge in [-0.05, 0) is 44.6 Å². The molecule has 4 aromatic rings. The van der Waals surface area contributed by atoms with Crippen molar-refractivity contribution < 1.29 is 9.26 Å². The molecule has 33 heavy (non-hydrogen) atoms. The van der Waals surface area contributed by atoms with E-state index in [9.17, 15) is 0 Å². The van der Waals surface area contributed by atoms with Crippen molar-refractivity contribution in [3.05, 3.63) is 77.3 Å². The molecule has 6 rings (SSSR count). The van der Waals surface area contributed by atoms with E-state index in [-0.39, 0.29) is 6.04 Å². The lowest BCUT2D eigenvalue weighted by Gasteiger charge is -2.27. The number of ether oxygens (including phenoxy) is 1. The Morgan fingerprint density at radius 2 is 1.97 bits per heavy atom. The molecule has 7 heteroatoms. The molecule has 0 saturated carbocycles. The first-order valence-corrected chi connectivity index (χ1v) is 10.9. The van der Waals surface area contributed by atoms with Gasteiger partial charge in [0.25, 0.3) is 0 Å². The lowest BCUT2D eigenvalue weighted by atomic mass is 9.89. The van der Waals surface area contributed by atoms with Gasteiger partial charge in [-0.1, -0.05) is 29.5 Å². The number of hydrogen-bond donors (Lipinski definition) is 2. The molecule has 164 valence electrons. The highest BCUT2D eigenvalue weighted by atomic mass is 16.5. The van der Waals surface area contributed by atoms with Crippen LogP contribution in [-0.4, -0.2) is 33.3 Å². The predicted octanol–water partition coefficient (Wildman–Crippen LogP) is 5.15. The van der Waals surface area contributed by atoms with Crippen molar-refractivity contribution in [1.82, 2.24) is 25.4 Å². The van der Waals surface area contributed by atoms with Gasteiger partial charge < -0.3 is 19.6 Å². The molecule has 0 radical (unpaired) electrons. The van der Waals surface area contributed by atoms with Crippen LogP contribution < -0.4 is 10.1 Å². The molecule has 4 heterocycles. The Labute approximate surface area is 190 Å². The third kappa shape index (κ3) is 2.92. The first kappa shape index (κ1) is 19.5. The summed E-state index contributed by atoms with van der Waals surface area (Å²) in [5.74, 6) is 1.51. The van der Waals surface area contributed by atoms with Crippen LogP contribution in [0, 0.1) is 13.8 Å². The molecule has 1 aromatic carbocycles. The summed E-state index contributed by atoms with van der Waals surface area (Å²) < 4.78 is 11.2. The maximum absolute atomic E-state index is 5.82. The van der Waals surface area contributed by atoms with E-state index in [1.165, 1.54) is 5.57 Å². The Balaban J connectivity index is 1.65. The first-order valence-electron chi connectivity index (χ1n) is 10.9. The summed E-state index contributed by atoms with van der Waals surface area (Å²) in [6.45, 7) is 5.93. The highest BCUT2D eigenvalue weighted by molar-refractivity contribution is 6.13. The molecule has 0 bridgehead atoms. The maximum Gasteiger partial charge on any atom is 0.142 e. The SMILES string of the molecule is COc1cc2c(cc1-c1c(C)noc1C)[nH]c1ncnc(C3=C4C=CC=CC4NC(C)=C3)c12. The normalized spacial score (nSPS) is 17.5. The van der Waals surface area contributed by atoms with Crippen molar-refractivity contribution in [1.29, 1.82) is 0 Å². The summed E-state index contributed by atoms with van der Waals surface area (Å²) in [7, 11) is 1.68. The predicted molar refractivity (Wildman–Crippen MR) is 129 cm³/mol. The Kier molecular flexibility index (Phi) is 4.26. The Morgan fingerprint density at radius 1 is 1.09 bits per heavy atom. The highest BCUT2D eigenvalue weighted by Gasteiger charge is 2.25. The number of methoxy groups -OCH3 is 1. The smallest absolute Gasteiger partial charge is 0.142 e. The second-order valence-corrected chi connectivity index (χ2v) is 8.43. The van der Waals surface area contributed by atoms with Crippen LogP contribution in [0.2, 0.25) is 0 Å². The largest absolute Gasteiger partial charge is 0.496 e. The van der Waals surface area contributed by atoms with Crippen LogP contribution in [-0.2, 0) is 0 Å². The molecule has 1 aliphatic carbocycles. The number of benzene rings is 1. The van der Waals surface area contributed by atoms with E-state index in [0.717, 1.165) is 67.2 Å². The van der Waals surface area contributed by atoms with Gasteiger partial charge in [0.05, 0.1) is 35.5 Å². The van der Waals surface area contributed by atoms with Crippen LogP contribution >= 0.6 is 0 Å². The fraction of sp³-hybridized carbons (Fsp3) is 0.192. The average Bonchev–Trinajstić information content (AvgIpc) is 3.35. The van der Waals surface area contributed by atoms with E-state index in [2.05, 4.69) is 69.9 Å². The van der Waals surface area contributed by atoms with Gasteiger partial charge in [0, 0.05) is 27.7 Å². The lowest BCUT2D eigenvalue weighted by Crippen LogP contribution is -2.31. The summed E-state index contributed by atoms with van der Waals surface area (Å²) in [6.07, 6.45) is 12.2. The van der Waals surface area contributed by atoms with Gasteiger partial charge in [0.1, 0.15) is 23.5 Å². The standard InChI is InChI=1S/C26H23N5O2/c1-13-9-17(16-7-5-6-8-20(16)29-13)25-24-18-11-22(32-4)19(23-14(2)31-33-15(23)3)10-21(18)30-26(24)28-12-27-25/h5-12,20,29H,1-4H3,(H,27,28,30). The summed E-state index contributed by atoms with van der Waals surface area (Å²) in [4.78, 5) is 12.8. The minimum atomic E-state index is 0.130. The van der Waals surface area contributed by atoms with Gasteiger partial charge in [-0.3, -0.25) is 0 Å². The molecule has 2 N–H and O–H groups in total. The number of nitrogens with zero attached hydrogens (tertiary/aromatic N) is 3. The number of fused-ring (bicyclic) bond motifs is 4. The number of aromatic amines is 1. The van der Waals surface area contributed by atoms with Crippen molar-refractivity contribution in [2.45, 2.75) is 26.8 Å².